The van der Waals surface area contributed by atoms with Gasteiger partial charge >= 0.3 is 6.03 Å². The van der Waals surface area contributed by atoms with Gasteiger partial charge in [0, 0.05) is 6.04 Å². The standard InChI is InChI=1S/C17H26N2O2/c1-3-7-13-10-11-16(21-2)15(12-13)19-17(20)18-14-8-5-4-6-9-14/h10-12,14H,3-9H2,1-2H3,(H2,18,19,20). The zero-order valence-corrected chi connectivity index (χ0v) is 13.1. The molecule has 4 heteroatoms. The number of carbonyl (C=O) groups excluding carboxylic acids is 1. The van der Waals surface area contributed by atoms with Crippen molar-refractivity contribution in [2.75, 3.05) is 12.4 Å². The number of amides is 2. The van der Waals surface area contributed by atoms with E-state index in [-0.39, 0.29) is 6.03 Å². The number of carbonyl (C=O) groups is 1. The van der Waals surface area contributed by atoms with Crippen molar-refractivity contribution >= 4 is 11.7 Å². The Kier molecular flexibility index (Phi) is 5.90. The van der Waals surface area contributed by atoms with Gasteiger partial charge in [-0.2, -0.15) is 0 Å². The van der Waals surface area contributed by atoms with Crippen molar-refractivity contribution in [1.82, 2.24) is 5.32 Å². The van der Waals surface area contributed by atoms with E-state index in [1.165, 1.54) is 24.8 Å². The van der Waals surface area contributed by atoms with Crippen LogP contribution in [0.5, 0.6) is 5.75 Å². The fourth-order valence-electron chi connectivity index (χ4n) is 2.89. The Balaban J connectivity index is 1.99. The lowest BCUT2D eigenvalue weighted by molar-refractivity contribution is 0.244. The number of urea groups is 1. The SMILES string of the molecule is CCCc1ccc(OC)c(NC(=O)NC2CCCCC2)c1. The van der Waals surface area contributed by atoms with E-state index in [1.54, 1.807) is 7.11 Å². The van der Waals surface area contributed by atoms with Crippen molar-refractivity contribution in [3.63, 3.8) is 0 Å². The third kappa shape index (κ3) is 4.66. The van der Waals surface area contributed by atoms with Crippen LogP contribution in [0.2, 0.25) is 0 Å². The lowest BCUT2D eigenvalue weighted by Gasteiger charge is -2.23. The molecule has 0 bridgehead atoms. The Morgan fingerprint density at radius 2 is 2.05 bits per heavy atom. The van der Waals surface area contributed by atoms with Crippen LogP contribution >= 0.6 is 0 Å². The zero-order valence-electron chi connectivity index (χ0n) is 13.1. The minimum absolute atomic E-state index is 0.131. The first-order chi connectivity index (χ1) is 10.2. The molecule has 2 amide bonds. The van der Waals surface area contributed by atoms with Crippen LogP contribution in [-0.2, 0) is 6.42 Å². The molecule has 1 aliphatic carbocycles. The summed E-state index contributed by atoms with van der Waals surface area (Å²) >= 11 is 0. The van der Waals surface area contributed by atoms with Gasteiger partial charge in [-0.3, -0.25) is 0 Å². The summed E-state index contributed by atoms with van der Waals surface area (Å²) in [6.45, 7) is 2.15. The van der Waals surface area contributed by atoms with Crippen LogP contribution in [0.15, 0.2) is 18.2 Å². The summed E-state index contributed by atoms with van der Waals surface area (Å²) in [5, 5.41) is 6.00. The normalized spacial score (nSPS) is 15.5. The van der Waals surface area contributed by atoms with Crippen LogP contribution in [0.25, 0.3) is 0 Å². The number of hydrogen-bond donors (Lipinski definition) is 2. The van der Waals surface area contributed by atoms with E-state index in [1.807, 2.05) is 18.2 Å². The molecule has 0 radical (unpaired) electrons. The number of nitrogens with one attached hydrogen (secondary N) is 2. The maximum Gasteiger partial charge on any atom is 0.319 e. The molecular weight excluding hydrogens is 264 g/mol. The highest BCUT2D eigenvalue weighted by Gasteiger charge is 2.16. The summed E-state index contributed by atoms with van der Waals surface area (Å²) < 4.78 is 5.33. The second-order valence-corrected chi connectivity index (χ2v) is 5.72. The predicted octanol–water partition coefficient (Wildman–Crippen LogP) is 4.10. The maximum atomic E-state index is 12.1. The molecular formula is C17H26N2O2. The van der Waals surface area contributed by atoms with E-state index in [0.29, 0.717) is 11.8 Å². The van der Waals surface area contributed by atoms with Crippen LogP contribution in [0.3, 0.4) is 0 Å². The zero-order chi connectivity index (χ0) is 15.1. The van der Waals surface area contributed by atoms with E-state index >= 15 is 0 Å². The molecule has 21 heavy (non-hydrogen) atoms. The first-order valence-corrected chi connectivity index (χ1v) is 7.97. The molecule has 1 aromatic rings. The van der Waals surface area contributed by atoms with Crippen molar-refractivity contribution in [2.45, 2.75) is 57.9 Å². The summed E-state index contributed by atoms with van der Waals surface area (Å²) in [4.78, 5) is 12.1. The molecule has 0 atom stereocenters. The summed E-state index contributed by atoms with van der Waals surface area (Å²) in [5.41, 5.74) is 1.96. The lowest BCUT2D eigenvalue weighted by Crippen LogP contribution is -2.39. The third-order valence-corrected chi connectivity index (χ3v) is 3.99. The molecule has 1 fully saturated rings. The van der Waals surface area contributed by atoms with Gasteiger partial charge in [-0.1, -0.05) is 38.7 Å². The molecule has 0 spiro atoms. The number of aryl methyl sites for hydroxylation is 1. The summed E-state index contributed by atoms with van der Waals surface area (Å²) in [6.07, 6.45) is 7.96. The Hall–Kier alpha value is -1.71. The predicted molar refractivity (Wildman–Crippen MR) is 86.0 cm³/mol. The molecule has 2 N–H and O–H groups in total. The van der Waals surface area contributed by atoms with E-state index in [0.717, 1.165) is 31.4 Å². The van der Waals surface area contributed by atoms with Gasteiger partial charge in [0.15, 0.2) is 0 Å². The van der Waals surface area contributed by atoms with Crippen LogP contribution in [-0.4, -0.2) is 19.2 Å². The summed E-state index contributed by atoms with van der Waals surface area (Å²) in [6, 6.07) is 6.15. The van der Waals surface area contributed by atoms with Gasteiger partial charge in [-0.15, -0.1) is 0 Å². The minimum Gasteiger partial charge on any atom is -0.495 e. The average molecular weight is 290 g/mol. The van der Waals surface area contributed by atoms with Crippen LogP contribution in [0, 0.1) is 0 Å². The molecule has 2 rings (SSSR count). The fourth-order valence-corrected chi connectivity index (χ4v) is 2.89. The molecule has 116 valence electrons. The first kappa shape index (κ1) is 15.7. The molecule has 0 aromatic heterocycles. The largest absolute Gasteiger partial charge is 0.495 e. The first-order valence-electron chi connectivity index (χ1n) is 7.97. The van der Waals surface area contributed by atoms with E-state index in [9.17, 15) is 4.79 Å². The molecule has 4 nitrogen and oxygen atoms in total. The highest BCUT2D eigenvalue weighted by atomic mass is 16.5. The highest BCUT2D eigenvalue weighted by molar-refractivity contribution is 5.91. The molecule has 1 aromatic carbocycles. The Bertz CT molecular complexity index is 468. The number of hydrogen-bond acceptors (Lipinski definition) is 2. The van der Waals surface area contributed by atoms with Crippen molar-refractivity contribution in [2.24, 2.45) is 0 Å². The van der Waals surface area contributed by atoms with Gasteiger partial charge in [0.2, 0.25) is 0 Å². The van der Waals surface area contributed by atoms with Gasteiger partial charge in [-0.05, 0) is 37.0 Å². The van der Waals surface area contributed by atoms with Crippen molar-refractivity contribution in [3.05, 3.63) is 23.8 Å². The lowest BCUT2D eigenvalue weighted by atomic mass is 9.96. The Morgan fingerprint density at radius 1 is 1.29 bits per heavy atom. The number of anilines is 1. The molecule has 0 saturated heterocycles. The maximum absolute atomic E-state index is 12.1. The molecule has 0 unspecified atom stereocenters. The van der Waals surface area contributed by atoms with Gasteiger partial charge in [0.25, 0.3) is 0 Å². The number of ether oxygens (including phenoxy) is 1. The number of methoxy groups -OCH3 is 1. The Labute approximate surface area is 127 Å². The fraction of sp³-hybridized carbons (Fsp3) is 0.588. The van der Waals surface area contributed by atoms with Crippen molar-refractivity contribution in [1.29, 1.82) is 0 Å². The monoisotopic (exact) mass is 290 g/mol. The minimum atomic E-state index is -0.131. The number of rotatable bonds is 5. The van der Waals surface area contributed by atoms with E-state index in [2.05, 4.69) is 17.6 Å². The summed E-state index contributed by atoms with van der Waals surface area (Å²) in [7, 11) is 1.62. The third-order valence-electron chi connectivity index (χ3n) is 3.99. The van der Waals surface area contributed by atoms with E-state index in [4.69, 9.17) is 4.74 Å². The molecule has 1 aliphatic rings. The van der Waals surface area contributed by atoms with Crippen molar-refractivity contribution < 1.29 is 9.53 Å². The van der Waals surface area contributed by atoms with E-state index < -0.39 is 0 Å². The van der Waals surface area contributed by atoms with Crippen LogP contribution in [0.4, 0.5) is 10.5 Å². The second-order valence-electron chi connectivity index (χ2n) is 5.72. The highest BCUT2D eigenvalue weighted by Crippen LogP contribution is 2.26. The Morgan fingerprint density at radius 3 is 2.71 bits per heavy atom. The second kappa shape index (κ2) is 7.91. The topological polar surface area (TPSA) is 50.4 Å². The van der Waals surface area contributed by atoms with Crippen LogP contribution < -0.4 is 15.4 Å². The van der Waals surface area contributed by atoms with Gasteiger partial charge in [-0.25, -0.2) is 4.79 Å². The molecule has 1 saturated carbocycles. The average Bonchev–Trinajstić information content (AvgIpc) is 2.49. The summed E-state index contributed by atoms with van der Waals surface area (Å²) in [5.74, 6) is 0.702. The molecule has 0 heterocycles. The quantitative estimate of drug-likeness (QED) is 0.857. The number of benzene rings is 1. The van der Waals surface area contributed by atoms with Gasteiger partial charge < -0.3 is 15.4 Å². The van der Waals surface area contributed by atoms with Crippen molar-refractivity contribution in [3.8, 4) is 5.75 Å². The van der Waals surface area contributed by atoms with Crippen LogP contribution in [0.1, 0.15) is 51.0 Å². The van der Waals surface area contributed by atoms with Gasteiger partial charge in [0.05, 0.1) is 12.8 Å². The molecule has 0 aliphatic heterocycles. The smallest absolute Gasteiger partial charge is 0.319 e. The van der Waals surface area contributed by atoms with Gasteiger partial charge in [0.1, 0.15) is 5.75 Å².